The van der Waals surface area contributed by atoms with E-state index in [0.29, 0.717) is 0 Å². The van der Waals surface area contributed by atoms with E-state index in [0.717, 1.165) is 10.9 Å². The van der Waals surface area contributed by atoms with Crippen molar-refractivity contribution in [2.45, 2.75) is 0 Å². The van der Waals surface area contributed by atoms with Gasteiger partial charge < -0.3 is 15.4 Å². The van der Waals surface area contributed by atoms with Gasteiger partial charge in [-0.2, -0.15) is 4.68 Å². The molecule has 8 heavy (non-hydrogen) atoms. The van der Waals surface area contributed by atoms with E-state index < -0.39 is 0 Å². The number of nitrogens with zero attached hydrogens (tertiary/aromatic N) is 1. The summed E-state index contributed by atoms with van der Waals surface area (Å²) in [7, 11) is 0. The van der Waals surface area contributed by atoms with E-state index in [2.05, 4.69) is 16.6 Å². The van der Waals surface area contributed by atoms with Crippen molar-refractivity contribution in [3.63, 3.8) is 0 Å². The lowest BCUT2D eigenvalue weighted by atomic mass is 10.9. The molecule has 44 valence electrons. The van der Waals surface area contributed by atoms with Crippen molar-refractivity contribution in [3.05, 3.63) is 11.1 Å². The average Bonchev–Trinajstić information content (AvgIpc) is 1.98. The van der Waals surface area contributed by atoms with E-state index in [-0.39, 0.29) is 10.7 Å². The Hall–Kier alpha value is -0.970. The minimum atomic E-state index is -0.171. The van der Waals surface area contributed by atoms with Gasteiger partial charge in [-0.3, -0.25) is 0 Å². The number of aromatic nitrogens is 1. The van der Waals surface area contributed by atoms with Crippen LogP contribution in [0.4, 0.5) is 0 Å². The first-order chi connectivity index (χ1) is 3.72. The van der Waals surface area contributed by atoms with Crippen molar-refractivity contribution in [1.82, 2.24) is 4.68 Å². The fraction of sp³-hybridized carbons (Fsp3) is 0. The first kappa shape index (κ1) is 5.17. The fourth-order valence-electron chi connectivity index (χ4n) is 0.310. The van der Waals surface area contributed by atoms with E-state index in [1.807, 2.05) is 0 Å². The summed E-state index contributed by atoms with van der Waals surface area (Å²) in [6.45, 7) is 0. The molecule has 0 saturated carbocycles. The van der Waals surface area contributed by atoms with E-state index in [1.165, 1.54) is 0 Å². The van der Waals surface area contributed by atoms with E-state index in [9.17, 15) is 0 Å². The highest BCUT2D eigenvalue weighted by Crippen LogP contribution is 2.05. The smallest absolute Gasteiger partial charge is 0.290 e. The molecule has 1 rings (SSSR count). The maximum atomic E-state index is 8.62. The van der Waals surface area contributed by atoms with Gasteiger partial charge in [-0.05, 0) is 12.2 Å². The minimum absolute atomic E-state index is 0.0579. The van der Waals surface area contributed by atoms with Crippen LogP contribution >= 0.6 is 12.2 Å². The van der Waals surface area contributed by atoms with Gasteiger partial charge in [0.15, 0.2) is 6.26 Å². The molecule has 0 radical (unpaired) electrons. The molecule has 1 aromatic heterocycles. The van der Waals surface area contributed by atoms with Crippen LogP contribution in [0.2, 0.25) is 0 Å². The summed E-state index contributed by atoms with van der Waals surface area (Å²) in [6.07, 6.45) is 1.07. The summed E-state index contributed by atoms with van der Waals surface area (Å²) in [4.78, 5) is 0.0579. The molecule has 0 unspecified atom stereocenters. The average molecular weight is 132 g/mol. The van der Waals surface area contributed by atoms with Crippen molar-refractivity contribution in [1.29, 1.82) is 0 Å². The molecular formula is C3H4N2O2S. The molecule has 0 bridgehead atoms. The van der Waals surface area contributed by atoms with Crippen molar-refractivity contribution in [2.75, 3.05) is 5.84 Å². The lowest BCUT2D eigenvalue weighted by Crippen LogP contribution is -2.05. The molecule has 0 atom stereocenters. The highest BCUT2D eigenvalue weighted by molar-refractivity contribution is 7.71. The number of hydrogen-bond donors (Lipinski definition) is 2. The van der Waals surface area contributed by atoms with E-state index in [4.69, 9.17) is 10.9 Å². The monoisotopic (exact) mass is 132 g/mol. The zero-order valence-electron chi connectivity index (χ0n) is 3.87. The van der Waals surface area contributed by atoms with Crippen molar-refractivity contribution < 1.29 is 9.52 Å². The summed E-state index contributed by atoms with van der Waals surface area (Å²) in [5, 5.41) is 8.62. The topological polar surface area (TPSA) is 64.3 Å². The Kier molecular flexibility index (Phi) is 0.980. The summed E-state index contributed by atoms with van der Waals surface area (Å²) in [5.41, 5.74) is 0. The Morgan fingerprint density at radius 3 is 2.62 bits per heavy atom. The molecule has 0 aliphatic rings. The number of hydrogen-bond acceptors (Lipinski definition) is 4. The Morgan fingerprint density at radius 2 is 2.50 bits per heavy atom. The number of aromatic hydroxyl groups is 1. The fourth-order valence-corrected chi connectivity index (χ4v) is 0.452. The standard InChI is InChI=1S/C3H4N2O2S/c4-5-2(6)1-7-3(5)8/h1,6H,4H2. The minimum Gasteiger partial charge on any atom is -0.491 e. The molecule has 0 amide bonds. The summed E-state index contributed by atoms with van der Waals surface area (Å²) < 4.78 is 5.37. The summed E-state index contributed by atoms with van der Waals surface area (Å²) in [6, 6.07) is 0. The molecule has 0 aliphatic carbocycles. The zero-order valence-corrected chi connectivity index (χ0v) is 4.68. The molecule has 0 saturated heterocycles. The lowest BCUT2D eigenvalue weighted by Gasteiger charge is -1.85. The third-order valence-electron chi connectivity index (χ3n) is 0.709. The van der Waals surface area contributed by atoms with Gasteiger partial charge in [-0.1, -0.05) is 0 Å². The van der Waals surface area contributed by atoms with Gasteiger partial charge in [-0.25, -0.2) is 0 Å². The number of rotatable bonds is 0. The molecule has 4 nitrogen and oxygen atoms in total. The SMILES string of the molecule is Nn1c(O)coc1=S. The Balaban J connectivity index is 3.41. The molecular weight excluding hydrogens is 128 g/mol. The summed E-state index contributed by atoms with van der Waals surface area (Å²) >= 11 is 4.49. The predicted octanol–water partition coefficient (Wildman–Crippen LogP) is 0.230. The van der Waals surface area contributed by atoms with Gasteiger partial charge in [0, 0.05) is 0 Å². The lowest BCUT2D eigenvalue weighted by molar-refractivity contribution is 0.435. The number of nitrogen functional groups attached to an aromatic ring is 1. The van der Waals surface area contributed by atoms with Crippen LogP contribution in [-0.2, 0) is 0 Å². The van der Waals surface area contributed by atoms with Crippen LogP contribution < -0.4 is 5.84 Å². The first-order valence-corrected chi connectivity index (χ1v) is 2.27. The zero-order chi connectivity index (χ0) is 6.15. The maximum absolute atomic E-state index is 8.62. The highest BCUT2D eigenvalue weighted by atomic mass is 32.1. The van der Waals surface area contributed by atoms with Gasteiger partial charge in [0.2, 0.25) is 5.88 Å². The Morgan fingerprint density at radius 1 is 1.88 bits per heavy atom. The van der Waals surface area contributed by atoms with Gasteiger partial charge in [0.05, 0.1) is 0 Å². The first-order valence-electron chi connectivity index (χ1n) is 1.86. The highest BCUT2D eigenvalue weighted by Gasteiger charge is 1.95. The van der Waals surface area contributed by atoms with Crippen LogP contribution in [-0.4, -0.2) is 9.78 Å². The van der Waals surface area contributed by atoms with Gasteiger partial charge >= 0.3 is 0 Å². The quantitative estimate of drug-likeness (QED) is 0.392. The normalized spacial score (nSPS) is 9.50. The van der Waals surface area contributed by atoms with Crippen LogP contribution in [0.3, 0.4) is 0 Å². The Bertz CT molecular complexity index is 238. The summed E-state index contributed by atoms with van der Waals surface area (Å²) in [5.74, 6) is 4.90. The third kappa shape index (κ3) is 0.564. The van der Waals surface area contributed by atoms with E-state index in [1.54, 1.807) is 0 Å². The van der Waals surface area contributed by atoms with Crippen LogP contribution in [0, 0.1) is 4.84 Å². The second kappa shape index (κ2) is 1.52. The maximum Gasteiger partial charge on any atom is 0.290 e. The Labute approximate surface area is 50.1 Å². The van der Waals surface area contributed by atoms with Crippen molar-refractivity contribution >= 4 is 12.2 Å². The molecule has 1 heterocycles. The number of nitrogens with two attached hydrogens (primary N) is 1. The van der Waals surface area contributed by atoms with Crippen LogP contribution in [0.1, 0.15) is 0 Å². The van der Waals surface area contributed by atoms with E-state index >= 15 is 0 Å². The van der Waals surface area contributed by atoms with Crippen molar-refractivity contribution in [2.24, 2.45) is 0 Å². The van der Waals surface area contributed by atoms with Crippen LogP contribution in [0.15, 0.2) is 10.7 Å². The van der Waals surface area contributed by atoms with Crippen molar-refractivity contribution in [3.8, 4) is 5.88 Å². The molecule has 0 spiro atoms. The predicted molar refractivity (Wildman–Crippen MR) is 29.3 cm³/mol. The molecule has 1 aromatic rings. The van der Waals surface area contributed by atoms with Gasteiger partial charge in [0.1, 0.15) is 0 Å². The van der Waals surface area contributed by atoms with Crippen LogP contribution in [0.25, 0.3) is 0 Å². The molecule has 0 fully saturated rings. The molecule has 5 heteroatoms. The second-order valence-electron chi connectivity index (χ2n) is 1.23. The molecule has 3 N–H and O–H groups in total. The van der Waals surface area contributed by atoms with Gasteiger partial charge in [0.25, 0.3) is 4.84 Å². The third-order valence-corrected chi connectivity index (χ3v) is 1.00. The molecule has 0 aliphatic heterocycles. The van der Waals surface area contributed by atoms with Gasteiger partial charge in [-0.15, -0.1) is 0 Å². The molecule has 0 aromatic carbocycles. The number of oxazole rings is 1. The second-order valence-corrected chi connectivity index (χ2v) is 1.58. The van der Waals surface area contributed by atoms with Crippen LogP contribution in [0.5, 0.6) is 5.88 Å². The largest absolute Gasteiger partial charge is 0.491 e.